The smallest absolute Gasteiger partial charge is 1.00 e. The summed E-state index contributed by atoms with van der Waals surface area (Å²) in [7, 11) is 0. The molecule has 0 heterocycles. The fourth-order valence-corrected chi connectivity index (χ4v) is 1.40. The molecular formula is C11H21Cl2InO2. The standard InChI is InChI=1S/C11H22O2.2ClH.In/c1-2-3-4-5-6-7-8-9-10-11(12)13;;;/h2-10H2,1H3,(H,12,13);2*1H;/q;;;+3/p-3. The Balaban J connectivity index is -0.000000240. The summed E-state index contributed by atoms with van der Waals surface area (Å²) in [5, 5.41) is 10.1. The molecule has 0 aliphatic carbocycles. The van der Waals surface area contributed by atoms with Crippen molar-refractivity contribution in [2.45, 2.75) is 64.7 Å². The first kappa shape index (κ1) is 25.7. The first-order valence-corrected chi connectivity index (χ1v) is 5.47. The van der Waals surface area contributed by atoms with Crippen molar-refractivity contribution in [3.8, 4) is 0 Å². The predicted molar refractivity (Wildman–Crippen MR) is 58.0 cm³/mol. The van der Waals surface area contributed by atoms with Crippen LogP contribution in [0.1, 0.15) is 64.7 Å². The van der Waals surface area contributed by atoms with Gasteiger partial charge in [-0.15, -0.1) is 0 Å². The molecule has 0 fully saturated rings. The number of carbonyl (C=O) groups excluding carboxylic acids is 1. The molecule has 0 aliphatic heterocycles. The topological polar surface area (TPSA) is 40.1 Å². The van der Waals surface area contributed by atoms with Gasteiger partial charge in [-0.3, -0.25) is 0 Å². The summed E-state index contributed by atoms with van der Waals surface area (Å²) in [5.41, 5.74) is 0. The average molecular weight is 371 g/mol. The van der Waals surface area contributed by atoms with Gasteiger partial charge in [0.25, 0.3) is 0 Å². The Bertz CT molecular complexity index is 135. The van der Waals surface area contributed by atoms with Crippen LogP contribution in [0.5, 0.6) is 0 Å². The summed E-state index contributed by atoms with van der Waals surface area (Å²) in [5.74, 6) is -0.911. The first-order chi connectivity index (χ1) is 6.27. The molecule has 0 N–H and O–H groups in total. The molecule has 0 unspecified atom stereocenters. The van der Waals surface area contributed by atoms with Gasteiger partial charge in [-0.05, 0) is 12.8 Å². The second-order valence-corrected chi connectivity index (χ2v) is 3.60. The van der Waals surface area contributed by atoms with Crippen LogP contribution in [0.25, 0.3) is 0 Å². The van der Waals surface area contributed by atoms with Gasteiger partial charge in [0.2, 0.25) is 0 Å². The molecule has 0 spiro atoms. The van der Waals surface area contributed by atoms with E-state index < -0.39 is 5.97 Å². The predicted octanol–water partition coefficient (Wildman–Crippen LogP) is -4.11. The molecular weight excluding hydrogens is 350 g/mol. The zero-order chi connectivity index (χ0) is 9.94. The van der Waals surface area contributed by atoms with E-state index >= 15 is 0 Å². The van der Waals surface area contributed by atoms with E-state index in [1.165, 1.54) is 38.5 Å². The third-order valence-corrected chi connectivity index (χ3v) is 2.23. The van der Waals surface area contributed by atoms with Gasteiger partial charge in [0, 0.05) is 5.97 Å². The van der Waals surface area contributed by atoms with Gasteiger partial charge in [0.05, 0.1) is 0 Å². The zero-order valence-corrected chi connectivity index (χ0v) is 14.8. The molecule has 0 bridgehead atoms. The molecule has 0 saturated carbocycles. The number of rotatable bonds is 9. The number of aliphatic carboxylic acids is 1. The fraction of sp³-hybridized carbons (Fsp3) is 0.909. The second kappa shape index (κ2) is 21.2. The largest absolute Gasteiger partial charge is 3.00 e. The zero-order valence-electron chi connectivity index (χ0n) is 10.0. The van der Waals surface area contributed by atoms with Crippen LogP contribution in [-0.4, -0.2) is 31.8 Å². The number of carbonyl (C=O) groups is 1. The van der Waals surface area contributed by atoms with Gasteiger partial charge >= 0.3 is 25.8 Å². The number of halogens is 2. The Hall–Kier alpha value is 0.920. The van der Waals surface area contributed by atoms with E-state index in [1.54, 1.807) is 0 Å². The van der Waals surface area contributed by atoms with Crippen LogP contribution in [0.4, 0.5) is 0 Å². The number of carboxylic acid groups (broad SMARTS) is 1. The fourth-order valence-electron chi connectivity index (χ4n) is 1.40. The van der Waals surface area contributed by atoms with Crippen molar-refractivity contribution in [1.82, 2.24) is 0 Å². The van der Waals surface area contributed by atoms with Crippen molar-refractivity contribution < 1.29 is 34.7 Å². The van der Waals surface area contributed by atoms with E-state index in [9.17, 15) is 9.90 Å². The Morgan fingerprint density at radius 2 is 1.25 bits per heavy atom. The van der Waals surface area contributed by atoms with Crippen molar-refractivity contribution >= 4 is 31.8 Å². The summed E-state index contributed by atoms with van der Waals surface area (Å²) in [6.45, 7) is 2.21. The van der Waals surface area contributed by atoms with Crippen LogP contribution >= 0.6 is 0 Å². The van der Waals surface area contributed by atoms with Gasteiger partial charge in [0.15, 0.2) is 0 Å². The Labute approximate surface area is 131 Å². The molecule has 0 aliphatic rings. The van der Waals surface area contributed by atoms with Gasteiger partial charge in [-0.25, -0.2) is 0 Å². The molecule has 0 atom stereocenters. The maximum atomic E-state index is 10.1. The Morgan fingerprint density at radius 3 is 1.62 bits per heavy atom. The number of hydrogen-bond acceptors (Lipinski definition) is 2. The van der Waals surface area contributed by atoms with Crippen LogP contribution in [0.2, 0.25) is 0 Å². The van der Waals surface area contributed by atoms with Crippen molar-refractivity contribution in [3.63, 3.8) is 0 Å². The van der Waals surface area contributed by atoms with Gasteiger partial charge in [-0.2, -0.15) is 0 Å². The summed E-state index contributed by atoms with van der Waals surface area (Å²) in [4.78, 5) is 10.1. The van der Waals surface area contributed by atoms with Crippen LogP contribution in [0.3, 0.4) is 0 Å². The minimum Gasteiger partial charge on any atom is -1.00 e. The normalized spacial score (nSPS) is 8.31. The van der Waals surface area contributed by atoms with Crippen LogP contribution in [0.15, 0.2) is 0 Å². The number of unbranched alkanes of at least 4 members (excludes halogenated alkanes) is 7. The second-order valence-electron chi connectivity index (χ2n) is 3.60. The summed E-state index contributed by atoms with van der Waals surface area (Å²) >= 11 is 0. The van der Waals surface area contributed by atoms with Crippen molar-refractivity contribution in [2.75, 3.05) is 0 Å². The van der Waals surface area contributed by atoms with Crippen molar-refractivity contribution in [3.05, 3.63) is 0 Å². The molecule has 0 radical (unpaired) electrons. The third-order valence-electron chi connectivity index (χ3n) is 2.23. The minimum atomic E-state index is -0.911. The van der Waals surface area contributed by atoms with E-state index in [-0.39, 0.29) is 57.1 Å². The molecule has 5 heteroatoms. The van der Waals surface area contributed by atoms with Crippen LogP contribution in [-0.2, 0) is 4.79 Å². The summed E-state index contributed by atoms with van der Waals surface area (Å²) < 4.78 is 0. The van der Waals surface area contributed by atoms with E-state index in [4.69, 9.17) is 0 Å². The van der Waals surface area contributed by atoms with E-state index in [2.05, 4.69) is 6.92 Å². The molecule has 94 valence electrons. The number of hydrogen-bond donors (Lipinski definition) is 0. The van der Waals surface area contributed by atoms with E-state index in [0.29, 0.717) is 0 Å². The molecule has 0 aromatic carbocycles. The van der Waals surface area contributed by atoms with Crippen molar-refractivity contribution in [2.24, 2.45) is 0 Å². The van der Waals surface area contributed by atoms with E-state index in [0.717, 1.165) is 12.8 Å². The molecule has 0 saturated heterocycles. The number of carboxylic acids is 1. The first-order valence-electron chi connectivity index (χ1n) is 5.47. The monoisotopic (exact) mass is 370 g/mol. The Morgan fingerprint density at radius 1 is 0.875 bits per heavy atom. The molecule has 0 amide bonds. The van der Waals surface area contributed by atoms with Crippen LogP contribution < -0.4 is 29.9 Å². The average Bonchev–Trinajstić information content (AvgIpc) is 2.09. The maximum absolute atomic E-state index is 10.1. The minimum absolute atomic E-state index is 0. The maximum Gasteiger partial charge on any atom is 3.00 e. The van der Waals surface area contributed by atoms with Gasteiger partial charge in [-0.1, -0.05) is 51.9 Å². The van der Waals surface area contributed by atoms with Gasteiger partial charge < -0.3 is 34.7 Å². The molecule has 0 aromatic heterocycles. The van der Waals surface area contributed by atoms with E-state index in [1.807, 2.05) is 0 Å². The summed E-state index contributed by atoms with van der Waals surface area (Å²) in [6, 6.07) is 0. The van der Waals surface area contributed by atoms with Crippen molar-refractivity contribution in [1.29, 1.82) is 0 Å². The molecule has 2 nitrogen and oxygen atoms in total. The van der Waals surface area contributed by atoms with Gasteiger partial charge in [0.1, 0.15) is 0 Å². The SMILES string of the molecule is CCCCCCCCCCC(=O)[O-].[Cl-].[Cl-].[In+3]. The Kier molecular flexibility index (Phi) is 34.1. The summed E-state index contributed by atoms with van der Waals surface area (Å²) in [6.07, 6.45) is 9.75. The quantitative estimate of drug-likeness (QED) is 0.387. The molecule has 0 aromatic rings. The van der Waals surface area contributed by atoms with Crippen LogP contribution in [0, 0.1) is 0 Å². The molecule has 0 rings (SSSR count). The third kappa shape index (κ3) is 24.2. The molecule has 16 heavy (non-hydrogen) atoms.